The van der Waals surface area contributed by atoms with Crippen LogP contribution in [-0.2, 0) is 18.4 Å². The number of aromatic nitrogens is 4. The molecule has 1 amide bonds. The molecular formula is C29H33F2N7O3. The number of carbonyl (C=O) groups excluding carboxylic acids is 1. The lowest BCUT2D eigenvalue weighted by molar-refractivity contribution is -0.134. The van der Waals surface area contributed by atoms with Crippen LogP contribution < -0.4 is 20.9 Å². The van der Waals surface area contributed by atoms with E-state index in [2.05, 4.69) is 9.97 Å². The number of hydrogen-bond donors (Lipinski definition) is 1. The highest BCUT2D eigenvalue weighted by Crippen LogP contribution is 2.27. The van der Waals surface area contributed by atoms with Crippen LogP contribution in [0.1, 0.15) is 25.0 Å². The summed E-state index contributed by atoms with van der Waals surface area (Å²) in [5.41, 5.74) is 9.22. The Morgan fingerprint density at radius 2 is 1.85 bits per heavy atom. The van der Waals surface area contributed by atoms with Crippen molar-refractivity contribution in [3.05, 3.63) is 70.3 Å². The highest BCUT2D eigenvalue weighted by molar-refractivity contribution is 5.84. The van der Waals surface area contributed by atoms with Crippen LogP contribution in [0.15, 0.2) is 53.6 Å². The summed E-state index contributed by atoms with van der Waals surface area (Å²) in [6, 6.07) is 9.89. The van der Waals surface area contributed by atoms with E-state index in [-0.39, 0.29) is 29.8 Å². The van der Waals surface area contributed by atoms with Crippen LogP contribution in [0.2, 0.25) is 0 Å². The Morgan fingerprint density at radius 3 is 2.51 bits per heavy atom. The predicted octanol–water partition coefficient (Wildman–Crippen LogP) is 3.14. The van der Waals surface area contributed by atoms with Gasteiger partial charge in [-0.25, -0.2) is 9.97 Å². The molecule has 10 nitrogen and oxygen atoms in total. The lowest BCUT2D eigenvalue weighted by Gasteiger charge is -2.40. The third-order valence-electron chi connectivity index (χ3n) is 7.47. The number of aryl methyl sites for hydroxylation is 1. The zero-order valence-corrected chi connectivity index (χ0v) is 23.4. The van der Waals surface area contributed by atoms with Crippen molar-refractivity contribution >= 4 is 22.8 Å². The van der Waals surface area contributed by atoms with Gasteiger partial charge in [-0.2, -0.15) is 8.78 Å². The van der Waals surface area contributed by atoms with E-state index in [0.29, 0.717) is 42.0 Å². The van der Waals surface area contributed by atoms with Gasteiger partial charge in [-0.1, -0.05) is 23.8 Å². The molecule has 5 rings (SSSR count). The highest BCUT2D eigenvalue weighted by atomic mass is 19.3. The molecule has 1 aliphatic rings. The standard InChI is InChI=1S/C29H33F2N7O3/c1-17-5-8-25(41-28(30)31)21(11-17)16-38-24-12-20(6-7-23(24)27(40)35(38)4)22-13-33-29(34-14-22)36-9-10-37(18(2)15-36)26(39)19(3)32/h5-8,11-14,18-19,28H,9-10,15-16,32H2,1-4H3. The number of piperazine rings is 1. The third kappa shape index (κ3) is 5.64. The zero-order chi connectivity index (χ0) is 29.4. The maximum Gasteiger partial charge on any atom is 0.387 e. The number of carbonyl (C=O) groups is 1. The van der Waals surface area contributed by atoms with Gasteiger partial charge in [0.15, 0.2) is 0 Å². The maximum absolute atomic E-state index is 13.0. The molecule has 1 fully saturated rings. The van der Waals surface area contributed by atoms with Crippen molar-refractivity contribution in [1.82, 2.24) is 24.2 Å². The first-order valence-corrected chi connectivity index (χ1v) is 13.4. The van der Waals surface area contributed by atoms with Gasteiger partial charge in [0.05, 0.1) is 23.5 Å². The number of rotatable bonds is 7. The van der Waals surface area contributed by atoms with Gasteiger partial charge in [-0.3, -0.25) is 19.0 Å². The molecule has 3 heterocycles. The fraction of sp³-hybridized carbons (Fsp3) is 0.379. The van der Waals surface area contributed by atoms with E-state index in [1.807, 2.05) is 30.9 Å². The van der Waals surface area contributed by atoms with Gasteiger partial charge >= 0.3 is 6.61 Å². The average molecular weight is 566 g/mol. The largest absolute Gasteiger partial charge is 0.434 e. The Labute approximate surface area is 235 Å². The van der Waals surface area contributed by atoms with Crippen LogP contribution in [0, 0.1) is 6.92 Å². The van der Waals surface area contributed by atoms with E-state index in [0.717, 1.165) is 16.7 Å². The van der Waals surface area contributed by atoms with Gasteiger partial charge in [-0.15, -0.1) is 0 Å². The maximum atomic E-state index is 13.0. The number of hydrogen-bond acceptors (Lipinski definition) is 7. The normalized spacial score (nSPS) is 16.4. The molecule has 0 saturated carbocycles. The number of alkyl halides is 2. The number of halogens is 2. The molecule has 4 aromatic rings. The summed E-state index contributed by atoms with van der Waals surface area (Å²) in [5, 5.41) is 0.506. The first kappa shape index (κ1) is 28.2. The van der Waals surface area contributed by atoms with Crippen LogP contribution in [-0.4, -0.2) is 68.5 Å². The topological polar surface area (TPSA) is 112 Å². The van der Waals surface area contributed by atoms with Crippen molar-refractivity contribution in [2.45, 2.75) is 46.0 Å². The summed E-state index contributed by atoms with van der Waals surface area (Å²) in [6.45, 7) is 4.47. The van der Waals surface area contributed by atoms with Crippen LogP contribution in [0.3, 0.4) is 0 Å². The van der Waals surface area contributed by atoms with E-state index in [4.69, 9.17) is 10.5 Å². The molecule has 12 heteroatoms. The molecule has 2 aromatic heterocycles. The molecule has 1 aliphatic heterocycles. The van der Waals surface area contributed by atoms with Crippen LogP contribution in [0.4, 0.5) is 14.7 Å². The number of amides is 1. The van der Waals surface area contributed by atoms with Crippen molar-refractivity contribution in [2.24, 2.45) is 12.8 Å². The second-order valence-corrected chi connectivity index (χ2v) is 10.5. The second-order valence-electron chi connectivity index (χ2n) is 10.5. The van der Waals surface area contributed by atoms with Gasteiger partial charge < -0.3 is 20.3 Å². The van der Waals surface area contributed by atoms with Gasteiger partial charge in [-0.05, 0) is 44.5 Å². The Morgan fingerprint density at radius 1 is 1.12 bits per heavy atom. The average Bonchev–Trinajstić information content (AvgIpc) is 3.18. The Bertz CT molecular complexity index is 1630. The number of fused-ring (bicyclic) bond motifs is 1. The van der Waals surface area contributed by atoms with E-state index in [1.165, 1.54) is 10.7 Å². The number of nitrogens with two attached hydrogens (primary N) is 1. The molecule has 41 heavy (non-hydrogen) atoms. The van der Waals surface area contributed by atoms with E-state index >= 15 is 0 Å². The minimum absolute atomic E-state index is 0.0252. The van der Waals surface area contributed by atoms with Crippen molar-refractivity contribution in [1.29, 1.82) is 0 Å². The SMILES string of the molecule is Cc1ccc(OC(F)F)c(Cn2c3cc(-c4cnc(N5CCN(C(=O)C(C)N)C(C)C5)nc4)ccc3c(=O)n2C)c1. The van der Waals surface area contributed by atoms with Crippen molar-refractivity contribution in [3.8, 4) is 16.9 Å². The first-order valence-electron chi connectivity index (χ1n) is 13.4. The molecule has 0 aliphatic carbocycles. The van der Waals surface area contributed by atoms with Gasteiger partial charge in [0.25, 0.3) is 5.56 Å². The Kier molecular flexibility index (Phi) is 7.76. The smallest absolute Gasteiger partial charge is 0.387 e. The van der Waals surface area contributed by atoms with Gasteiger partial charge in [0, 0.05) is 56.2 Å². The Hall–Kier alpha value is -4.32. The molecule has 2 aromatic carbocycles. The molecule has 0 spiro atoms. The van der Waals surface area contributed by atoms with Crippen molar-refractivity contribution in [3.63, 3.8) is 0 Å². The predicted molar refractivity (Wildman–Crippen MR) is 152 cm³/mol. The first-order chi connectivity index (χ1) is 19.5. The molecule has 0 bridgehead atoms. The molecule has 2 atom stereocenters. The summed E-state index contributed by atoms with van der Waals surface area (Å²) in [6.07, 6.45) is 3.46. The van der Waals surface area contributed by atoms with Gasteiger partial charge in [0.2, 0.25) is 11.9 Å². The summed E-state index contributed by atoms with van der Waals surface area (Å²) in [4.78, 5) is 38.4. The lowest BCUT2D eigenvalue weighted by atomic mass is 10.1. The summed E-state index contributed by atoms with van der Waals surface area (Å²) < 4.78 is 34.0. The molecule has 0 radical (unpaired) electrons. The number of anilines is 1. The van der Waals surface area contributed by atoms with E-state index in [9.17, 15) is 18.4 Å². The Balaban J connectivity index is 1.42. The minimum Gasteiger partial charge on any atom is -0.434 e. The minimum atomic E-state index is -2.96. The monoisotopic (exact) mass is 565 g/mol. The summed E-state index contributed by atoms with van der Waals surface area (Å²) in [5.74, 6) is 0.567. The third-order valence-corrected chi connectivity index (χ3v) is 7.47. The van der Waals surface area contributed by atoms with Gasteiger partial charge in [0.1, 0.15) is 5.75 Å². The molecule has 216 valence electrons. The summed E-state index contributed by atoms with van der Waals surface area (Å²) in [7, 11) is 1.64. The van der Waals surface area contributed by atoms with Crippen molar-refractivity contribution < 1.29 is 18.3 Å². The fourth-order valence-electron chi connectivity index (χ4n) is 5.31. The summed E-state index contributed by atoms with van der Waals surface area (Å²) >= 11 is 0. The molecular weight excluding hydrogens is 532 g/mol. The number of ether oxygens (including phenoxy) is 1. The molecule has 2 unspecified atom stereocenters. The lowest BCUT2D eigenvalue weighted by Crippen LogP contribution is -2.57. The van der Waals surface area contributed by atoms with E-state index < -0.39 is 12.7 Å². The van der Waals surface area contributed by atoms with Crippen LogP contribution in [0.5, 0.6) is 5.75 Å². The van der Waals surface area contributed by atoms with E-state index in [1.54, 1.807) is 54.1 Å². The quantitative estimate of drug-likeness (QED) is 0.367. The van der Waals surface area contributed by atoms with Crippen LogP contribution >= 0.6 is 0 Å². The second kappa shape index (κ2) is 11.3. The molecule has 1 saturated heterocycles. The number of nitrogens with zero attached hydrogens (tertiary/aromatic N) is 6. The zero-order valence-electron chi connectivity index (χ0n) is 23.4. The number of benzene rings is 2. The van der Waals surface area contributed by atoms with Crippen LogP contribution in [0.25, 0.3) is 22.0 Å². The van der Waals surface area contributed by atoms with Crippen molar-refractivity contribution in [2.75, 3.05) is 24.5 Å². The molecule has 2 N–H and O–H groups in total. The highest BCUT2D eigenvalue weighted by Gasteiger charge is 2.30. The fourth-order valence-corrected chi connectivity index (χ4v) is 5.31.